The Bertz CT molecular complexity index is 1250. The molecule has 174 valence electrons. The molecule has 1 atom stereocenters. The molecule has 3 N–H and O–H groups in total. The van der Waals surface area contributed by atoms with Crippen molar-refractivity contribution >= 4 is 21.8 Å². The number of amides is 2. The van der Waals surface area contributed by atoms with E-state index < -0.39 is 21.8 Å². The van der Waals surface area contributed by atoms with Gasteiger partial charge in [0, 0.05) is 28.7 Å². The maximum Gasteiger partial charge on any atom is 0.271 e. The quantitative estimate of drug-likeness (QED) is 0.463. The Balaban J connectivity index is 1.67. The number of para-hydroxylation sites is 1. The standard InChI is InChI=1S/C24H28N4O4S/c1-5-16(2)27-33(31,32)21-13-11-19(12-14-21)23(29)25-26-24(30)22-15-17(3)28(18(22)4)20-9-7-6-8-10-20/h6-16,27H,5H2,1-4H3,(H,25,29)(H,26,30). The second-order valence-electron chi connectivity index (χ2n) is 7.82. The average molecular weight is 469 g/mol. The molecule has 1 heterocycles. The Morgan fingerprint density at radius 1 is 0.939 bits per heavy atom. The van der Waals surface area contributed by atoms with Crippen molar-refractivity contribution in [1.82, 2.24) is 20.1 Å². The van der Waals surface area contributed by atoms with E-state index in [-0.39, 0.29) is 16.5 Å². The number of rotatable bonds is 7. The minimum absolute atomic E-state index is 0.0664. The fourth-order valence-corrected chi connectivity index (χ4v) is 4.75. The molecule has 1 aromatic heterocycles. The van der Waals surface area contributed by atoms with Gasteiger partial charge in [-0.2, -0.15) is 0 Å². The molecule has 3 aromatic rings. The summed E-state index contributed by atoms with van der Waals surface area (Å²) in [5.74, 6) is -1.00. The van der Waals surface area contributed by atoms with Gasteiger partial charge in [0.1, 0.15) is 0 Å². The van der Waals surface area contributed by atoms with E-state index in [2.05, 4.69) is 15.6 Å². The molecule has 9 heteroatoms. The van der Waals surface area contributed by atoms with E-state index in [0.29, 0.717) is 12.0 Å². The molecule has 0 spiro atoms. The van der Waals surface area contributed by atoms with Crippen LogP contribution in [0.25, 0.3) is 5.69 Å². The van der Waals surface area contributed by atoms with Gasteiger partial charge in [0.05, 0.1) is 10.5 Å². The highest BCUT2D eigenvalue weighted by atomic mass is 32.2. The summed E-state index contributed by atoms with van der Waals surface area (Å²) in [5, 5.41) is 0. The van der Waals surface area contributed by atoms with E-state index in [4.69, 9.17) is 0 Å². The Hall–Kier alpha value is -3.43. The van der Waals surface area contributed by atoms with Crippen LogP contribution >= 0.6 is 0 Å². The number of nitrogens with zero attached hydrogens (tertiary/aromatic N) is 1. The monoisotopic (exact) mass is 468 g/mol. The van der Waals surface area contributed by atoms with Gasteiger partial charge in [-0.15, -0.1) is 0 Å². The summed E-state index contributed by atoms with van der Waals surface area (Å²) in [4.78, 5) is 25.2. The third-order valence-corrected chi connectivity index (χ3v) is 6.98. The van der Waals surface area contributed by atoms with E-state index in [9.17, 15) is 18.0 Å². The number of benzene rings is 2. The summed E-state index contributed by atoms with van der Waals surface area (Å²) < 4.78 is 29.2. The second kappa shape index (κ2) is 10.0. The topological polar surface area (TPSA) is 109 Å². The summed E-state index contributed by atoms with van der Waals surface area (Å²) in [6.07, 6.45) is 0.660. The summed E-state index contributed by atoms with van der Waals surface area (Å²) in [6.45, 7) is 7.40. The zero-order valence-electron chi connectivity index (χ0n) is 19.0. The van der Waals surface area contributed by atoms with Crippen molar-refractivity contribution in [3.05, 3.63) is 83.2 Å². The lowest BCUT2D eigenvalue weighted by Gasteiger charge is -2.12. The van der Waals surface area contributed by atoms with Crippen LogP contribution in [0.15, 0.2) is 65.6 Å². The number of hydrogen-bond donors (Lipinski definition) is 3. The summed E-state index contributed by atoms with van der Waals surface area (Å²) in [6, 6.07) is 16.7. The van der Waals surface area contributed by atoms with Crippen LogP contribution in [0.3, 0.4) is 0 Å². The van der Waals surface area contributed by atoms with E-state index >= 15 is 0 Å². The number of hydrogen-bond acceptors (Lipinski definition) is 4. The molecule has 33 heavy (non-hydrogen) atoms. The number of sulfonamides is 1. The Labute approximate surface area is 194 Å². The highest BCUT2D eigenvalue weighted by molar-refractivity contribution is 7.89. The van der Waals surface area contributed by atoms with Crippen LogP contribution in [0, 0.1) is 13.8 Å². The predicted octanol–water partition coefficient (Wildman–Crippen LogP) is 3.25. The molecular weight excluding hydrogens is 440 g/mol. The molecule has 0 aliphatic heterocycles. The lowest BCUT2D eigenvalue weighted by molar-refractivity contribution is 0.0846. The molecule has 3 rings (SSSR count). The molecule has 0 aliphatic rings. The zero-order valence-corrected chi connectivity index (χ0v) is 19.9. The van der Waals surface area contributed by atoms with Crippen molar-refractivity contribution in [1.29, 1.82) is 0 Å². The minimum Gasteiger partial charge on any atom is -0.318 e. The lowest BCUT2D eigenvalue weighted by Crippen LogP contribution is -2.41. The molecular formula is C24H28N4O4S. The normalized spacial score (nSPS) is 12.2. The van der Waals surface area contributed by atoms with Crippen LogP contribution in [0.5, 0.6) is 0 Å². The van der Waals surface area contributed by atoms with Crippen LogP contribution in [0.2, 0.25) is 0 Å². The molecule has 8 nitrogen and oxygen atoms in total. The zero-order chi connectivity index (χ0) is 24.2. The molecule has 2 aromatic carbocycles. The maximum absolute atomic E-state index is 12.7. The van der Waals surface area contributed by atoms with Gasteiger partial charge in [0.15, 0.2) is 0 Å². The number of carbonyl (C=O) groups excluding carboxylic acids is 2. The number of nitrogens with one attached hydrogen (secondary N) is 3. The molecule has 0 saturated carbocycles. The molecule has 0 aliphatic carbocycles. The number of carbonyl (C=O) groups is 2. The van der Waals surface area contributed by atoms with E-state index in [1.165, 1.54) is 24.3 Å². The van der Waals surface area contributed by atoms with Crippen LogP contribution in [-0.2, 0) is 10.0 Å². The van der Waals surface area contributed by atoms with Gasteiger partial charge >= 0.3 is 0 Å². The molecule has 1 unspecified atom stereocenters. The van der Waals surface area contributed by atoms with Crippen LogP contribution in [0.1, 0.15) is 52.4 Å². The van der Waals surface area contributed by atoms with Gasteiger partial charge in [-0.25, -0.2) is 13.1 Å². The fourth-order valence-electron chi connectivity index (χ4n) is 3.42. The fraction of sp³-hybridized carbons (Fsp3) is 0.250. The van der Waals surface area contributed by atoms with Gasteiger partial charge < -0.3 is 4.57 Å². The highest BCUT2D eigenvalue weighted by Gasteiger charge is 2.19. The van der Waals surface area contributed by atoms with Crippen molar-refractivity contribution in [2.45, 2.75) is 45.1 Å². The first-order valence-corrected chi connectivity index (χ1v) is 12.1. The number of aromatic nitrogens is 1. The lowest BCUT2D eigenvalue weighted by atomic mass is 10.2. The molecule has 2 amide bonds. The Morgan fingerprint density at radius 2 is 1.55 bits per heavy atom. The van der Waals surface area contributed by atoms with Gasteiger partial charge in [0.2, 0.25) is 10.0 Å². The first-order valence-electron chi connectivity index (χ1n) is 10.6. The minimum atomic E-state index is -3.66. The molecule has 0 fully saturated rings. The van der Waals surface area contributed by atoms with Crippen molar-refractivity contribution < 1.29 is 18.0 Å². The first-order chi connectivity index (χ1) is 15.6. The van der Waals surface area contributed by atoms with Crippen molar-refractivity contribution in [3.63, 3.8) is 0 Å². The summed E-state index contributed by atoms with van der Waals surface area (Å²) in [5.41, 5.74) is 8.03. The Morgan fingerprint density at radius 3 is 2.15 bits per heavy atom. The smallest absolute Gasteiger partial charge is 0.271 e. The first kappa shape index (κ1) is 24.2. The maximum atomic E-state index is 12.7. The van der Waals surface area contributed by atoms with Crippen LogP contribution in [-0.4, -0.2) is 30.8 Å². The largest absolute Gasteiger partial charge is 0.318 e. The highest BCUT2D eigenvalue weighted by Crippen LogP contribution is 2.20. The van der Waals surface area contributed by atoms with Crippen molar-refractivity contribution in [2.24, 2.45) is 0 Å². The Kier molecular flexibility index (Phi) is 7.35. The SMILES string of the molecule is CCC(C)NS(=O)(=O)c1ccc(C(=O)NNC(=O)c2cc(C)n(-c3ccccc3)c2C)cc1. The third kappa shape index (κ3) is 5.50. The third-order valence-electron chi connectivity index (χ3n) is 5.38. The van der Waals surface area contributed by atoms with Gasteiger partial charge in [-0.05, 0) is 69.7 Å². The van der Waals surface area contributed by atoms with E-state index in [0.717, 1.165) is 17.1 Å². The van der Waals surface area contributed by atoms with Crippen molar-refractivity contribution in [3.8, 4) is 5.69 Å². The molecule has 0 radical (unpaired) electrons. The van der Waals surface area contributed by atoms with Gasteiger partial charge in [-0.3, -0.25) is 20.4 Å². The predicted molar refractivity (Wildman–Crippen MR) is 127 cm³/mol. The van der Waals surface area contributed by atoms with Crippen LogP contribution < -0.4 is 15.6 Å². The van der Waals surface area contributed by atoms with Crippen LogP contribution in [0.4, 0.5) is 0 Å². The average Bonchev–Trinajstić information content (AvgIpc) is 3.11. The van der Waals surface area contributed by atoms with Gasteiger partial charge in [-0.1, -0.05) is 25.1 Å². The van der Waals surface area contributed by atoms with Crippen molar-refractivity contribution in [2.75, 3.05) is 0 Å². The molecule has 0 saturated heterocycles. The summed E-state index contributed by atoms with van der Waals surface area (Å²) in [7, 11) is -3.66. The van der Waals surface area contributed by atoms with Gasteiger partial charge in [0.25, 0.3) is 11.8 Å². The summed E-state index contributed by atoms with van der Waals surface area (Å²) >= 11 is 0. The molecule has 0 bridgehead atoms. The van der Waals surface area contributed by atoms with E-state index in [1.807, 2.05) is 55.7 Å². The van der Waals surface area contributed by atoms with E-state index in [1.54, 1.807) is 13.0 Å². The second-order valence-corrected chi connectivity index (χ2v) is 9.53. The number of hydrazine groups is 1. The number of aryl methyl sites for hydroxylation is 1.